The van der Waals surface area contributed by atoms with Gasteiger partial charge in [-0.05, 0) is 18.6 Å². The maximum atomic E-state index is 11.9. The van der Waals surface area contributed by atoms with E-state index in [1.54, 1.807) is 38.5 Å². The van der Waals surface area contributed by atoms with Crippen LogP contribution < -0.4 is 15.0 Å². The number of amides is 2. The molecule has 1 aromatic carbocycles. The first-order valence-electron chi connectivity index (χ1n) is 6.76. The Morgan fingerprint density at radius 2 is 2.05 bits per heavy atom. The van der Waals surface area contributed by atoms with Gasteiger partial charge in [0.2, 0.25) is 11.8 Å². The van der Waals surface area contributed by atoms with Crippen LogP contribution in [0.3, 0.4) is 0 Å². The van der Waals surface area contributed by atoms with Crippen LogP contribution >= 0.6 is 0 Å². The predicted octanol–water partition coefficient (Wildman–Crippen LogP) is 1.20. The molecule has 0 bridgehead atoms. The number of ether oxygens (including phenoxy) is 2. The topological polar surface area (TPSA) is 67.9 Å². The largest absolute Gasteiger partial charge is 0.497 e. The van der Waals surface area contributed by atoms with Gasteiger partial charge in [0.15, 0.2) is 0 Å². The van der Waals surface area contributed by atoms with E-state index in [9.17, 15) is 9.59 Å². The van der Waals surface area contributed by atoms with Crippen molar-refractivity contribution in [3.63, 3.8) is 0 Å². The van der Waals surface area contributed by atoms with E-state index in [0.29, 0.717) is 24.6 Å². The molecule has 1 aromatic rings. The van der Waals surface area contributed by atoms with Crippen molar-refractivity contribution < 1.29 is 19.1 Å². The molecule has 0 aliphatic heterocycles. The fraction of sp³-hybridized carbons (Fsp3) is 0.467. The van der Waals surface area contributed by atoms with E-state index >= 15 is 0 Å². The van der Waals surface area contributed by atoms with Crippen molar-refractivity contribution in [2.24, 2.45) is 0 Å². The Kier molecular flexibility index (Phi) is 7.25. The van der Waals surface area contributed by atoms with Crippen molar-refractivity contribution >= 4 is 17.5 Å². The summed E-state index contributed by atoms with van der Waals surface area (Å²) in [6.07, 6.45) is 0.738. The van der Waals surface area contributed by atoms with Crippen LogP contribution in [0.15, 0.2) is 24.3 Å². The molecule has 21 heavy (non-hydrogen) atoms. The van der Waals surface area contributed by atoms with Crippen LogP contribution in [-0.4, -0.2) is 45.7 Å². The van der Waals surface area contributed by atoms with Crippen molar-refractivity contribution in [2.45, 2.75) is 13.3 Å². The van der Waals surface area contributed by atoms with Gasteiger partial charge in [-0.2, -0.15) is 0 Å². The second-order valence-electron chi connectivity index (χ2n) is 4.50. The number of hydrogen-bond donors (Lipinski definition) is 1. The summed E-state index contributed by atoms with van der Waals surface area (Å²) in [5, 5.41) is 2.76. The van der Waals surface area contributed by atoms with Crippen LogP contribution in [-0.2, 0) is 14.3 Å². The van der Waals surface area contributed by atoms with E-state index in [1.807, 2.05) is 0 Å². The zero-order valence-electron chi connectivity index (χ0n) is 12.7. The van der Waals surface area contributed by atoms with Gasteiger partial charge in [0, 0.05) is 38.9 Å². The van der Waals surface area contributed by atoms with Crippen molar-refractivity contribution in [1.82, 2.24) is 5.32 Å². The lowest BCUT2D eigenvalue weighted by molar-refractivity contribution is -0.123. The summed E-state index contributed by atoms with van der Waals surface area (Å²) in [5.74, 6) is 0.235. The highest BCUT2D eigenvalue weighted by Gasteiger charge is 2.16. The molecule has 0 fully saturated rings. The molecule has 0 saturated heterocycles. The molecule has 0 atom stereocenters. The van der Waals surface area contributed by atoms with Gasteiger partial charge < -0.3 is 19.7 Å². The molecule has 0 spiro atoms. The summed E-state index contributed by atoms with van der Waals surface area (Å²) in [6.45, 7) is 2.52. The van der Waals surface area contributed by atoms with Crippen molar-refractivity contribution in [3.05, 3.63) is 24.3 Å². The van der Waals surface area contributed by atoms with Gasteiger partial charge >= 0.3 is 0 Å². The van der Waals surface area contributed by atoms with E-state index in [2.05, 4.69) is 5.32 Å². The highest BCUT2D eigenvalue weighted by molar-refractivity contribution is 5.97. The Morgan fingerprint density at radius 1 is 1.29 bits per heavy atom. The first kappa shape index (κ1) is 17.0. The minimum Gasteiger partial charge on any atom is -0.497 e. The molecule has 0 radical (unpaired) electrons. The lowest BCUT2D eigenvalue weighted by Gasteiger charge is -2.21. The Labute approximate surface area is 125 Å². The quantitative estimate of drug-likeness (QED) is 0.732. The zero-order chi connectivity index (χ0) is 15.7. The van der Waals surface area contributed by atoms with Gasteiger partial charge in [0.05, 0.1) is 7.11 Å². The number of nitrogens with zero attached hydrogens (tertiary/aromatic N) is 1. The van der Waals surface area contributed by atoms with Crippen molar-refractivity contribution in [1.29, 1.82) is 0 Å². The number of carbonyl (C=O) groups excluding carboxylic acids is 2. The van der Waals surface area contributed by atoms with Crippen LogP contribution in [0, 0.1) is 0 Å². The van der Waals surface area contributed by atoms with Crippen LogP contribution in [0.1, 0.15) is 13.3 Å². The van der Waals surface area contributed by atoms with Crippen LogP contribution in [0.5, 0.6) is 5.75 Å². The fourth-order valence-electron chi connectivity index (χ4n) is 1.81. The molecule has 0 heterocycles. The average Bonchev–Trinajstić information content (AvgIpc) is 2.49. The number of hydrogen-bond acceptors (Lipinski definition) is 4. The summed E-state index contributed by atoms with van der Waals surface area (Å²) in [5.41, 5.74) is 0.633. The molecule has 1 rings (SSSR count). The summed E-state index contributed by atoms with van der Waals surface area (Å²) in [6, 6.07) is 7.05. The maximum absolute atomic E-state index is 11.9. The first-order valence-corrected chi connectivity index (χ1v) is 6.76. The number of carbonyl (C=O) groups is 2. The summed E-state index contributed by atoms with van der Waals surface area (Å²) in [4.78, 5) is 25.0. The fourth-order valence-corrected chi connectivity index (χ4v) is 1.81. The molecule has 0 aliphatic rings. The van der Waals surface area contributed by atoms with E-state index in [4.69, 9.17) is 9.47 Å². The van der Waals surface area contributed by atoms with Crippen molar-refractivity contribution in [2.75, 3.05) is 38.8 Å². The van der Waals surface area contributed by atoms with Crippen LogP contribution in [0.2, 0.25) is 0 Å². The molecule has 1 N–H and O–H groups in total. The summed E-state index contributed by atoms with van der Waals surface area (Å²) < 4.78 is 10.0. The van der Waals surface area contributed by atoms with E-state index in [-0.39, 0.29) is 18.4 Å². The second kappa shape index (κ2) is 8.97. The summed E-state index contributed by atoms with van der Waals surface area (Å²) in [7, 11) is 3.17. The van der Waals surface area contributed by atoms with Gasteiger partial charge in [-0.3, -0.25) is 9.59 Å². The minimum atomic E-state index is -0.205. The summed E-state index contributed by atoms with van der Waals surface area (Å²) >= 11 is 0. The molecule has 0 aromatic heterocycles. The average molecular weight is 294 g/mol. The van der Waals surface area contributed by atoms with Gasteiger partial charge in [0.25, 0.3) is 0 Å². The smallest absolute Gasteiger partial charge is 0.240 e. The number of rotatable bonds is 8. The SMILES string of the molecule is COCCCNC(=O)CN(C(C)=O)c1cccc(OC)c1. The van der Waals surface area contributed by atoms with Gasteiger partial charge in [-0.25, -0.2) is 0 Å². The third-order valence-corrected chi connectivity index (χ3v) is 2.89. The van der Waals surface area contributed by atoms with E-state index < -0.39 is 0 Å². The van der Waals surface area contributed by atoms with Gasteiger partial charge in [-0.15, -0.1) is 0 Å². The first-order chi connectivity index (χ1) is 10.1. The molecule has 2 amide bonds. The highest BCUT2D eigenvalue weighted by Crippen LogP contribution is 2.20. The lowest BCUT2D eigenvalue weighted by Crippen LogP contribution is -2.40. The number of nitrogens with one attached hydrogen (secondary N) is 1. The number of methoxy groups -OCH3 is 2. The molecule has 6 heteroatoms. The molecule has 0 unspecified atom stereocenters. The Bertz CT molecular complexity index is 476. The third-order valence-electron chi connectivity index (χ3n) is 2.89. The molecular formula is C15H22N2O4. The Morgan fingerprint density at radius 3 is 2.67 bits per heavy atom. The molecule has 6 nitrogen and oxygen atoms in total. The van der Waals surface area contributed by atoms with E-state index in [0.717, 1.165) is 6.42 Å². The van der Waals surface area contributed by atoms with Crippen molar-refractivity contribution in [3.8, 4) is 5.75 Å². The monoisotopic (exact) mass is 294 g/mol. The van der Waals surface area contributed by atoms with Crippen LogP contribution in [0.4, 0.5) is 5.69 Å². The normalized spacial score (nSPS) is 10.0. The number of benzene rings is 1. The minimum absolute atomic E-state index is 0.0184. The third kappa shape index (κ3) is 5.83. The highest BCUT2D eigenvalue weighted by atomic mass is 16.5. The van der Waals surface area contributed by atoms with Gasteiger partial charge in [-0.1, -0.05) is 6.07 Å². The molecule has 0 aliphatic carbocycles. The molecule has 0 saturated carbocycles. The maximum Gasteiger partial charge on any atom is 0.240 e. The van der Waals surface area contributed by atoms with Gasteiger partial charge in [0.1, 0.15) is 12.3 Å². The predicted molar refractivity (Wildman–Crippen MR) is 80.5 cm³/mol. The number of anilines is 1. The van der Waals surface area contributed by atoms with Crippen LogP contribution in [0.25, 0.3) is 0 Å². The Hall–Kier alpha value is -2.08. The second-order valence-corrected chi connectivity index (χ2v) is 4.50. The lowest BCUT2D eigenvalue weighted by atomic mass is 10.2. The standard InChI is InChI=1S/C15H22N2O4/c1-12(18)17(11-15(19)16-8-5-9-20-2)13-6-4-7-14(10-13)21-3/h4,6-7,10H,5,8-9,11H2,1-3H3,(H,16,19). The Balaban J connectivity index is 2.65. The molecule has 116 valence electrons. The molecular weight excluding hydrogens is 272 g/mol. The van der Waals surface area contributed by atoms with E-state index in [1.165, 1.54) is 11.8 Å². The zero-order valence-corrected chi connectivity index (χ0v) is 12.7.